The fourth-order valence-electron chi connectivity index (χ4n) is 2.25. The molecule has 1 N–H and O–H groups in total. The number of carbonyl (C=O) groups is 1. The van der Waals surface area contributed by atoms with Gasteiger partial charge in [-0.2, -0.15) is 5.10 Å². The molecule has 0 unspecified atom stereocenters. The van der Waals surface area contributed by atoms with Gasteiger partial charge in [-0.15, -0.1) is 0 Å². The van der Waals surface area contributed by atoms with Crippen molar-refractivity contribution >= 4 is 5.97 Å². The highest BCUT2D eigenvalue weighted by Gasteiger charge is 2.14. The van der Waals surface area contributed by atoms with Gasteiger partial charge in [0, 0.05) is 12.0 Å². The summed E-state index contributed by atoms with van der Waals surface area (Å²) >= 11 is 0. The first-order valence-electron chi connectivity index (χ1n) is 7.43. The predicted molar refractivity (Wildman–Crippen MR) is 81.0 cm³/mol. The number of carboxylic acids is 1. The SMILES string of the molecule is CCCCCc1nc(-c2ccc(F)c(C)c2)nn1CC(=O)O. The number of hydrogen-bond acceptors (Lipinski definition) is 3. The molecule has 0 aliphatic rings. The van der Waals surface area contributed by atoms with E-state index in [0.29, 0.717) is 29.2 Å². The summed E-state index contributed by atoms with van der Waals surface area (Å²) in [5.41, 5.74) is 1.21. The molecule has 0 spiro atoms. The minimum Gasteiger partial charge on any atom is -0.480 e. The fourth-order valence-corrected chi connectivity index (χ4v) is 2.25. The number of nitrogens with zero attached hydrogens (tertiary/aromatic N) is 3. The second kappa shape index (κ2) is 7.15. The number of carboxylic acid groups (broad SMARTS) is 1. The van der Waals surface area contributed by atoms with Gasteiger partial charge in [0.15, 0.2) is 5.82 Å². The van der Waals surface area contributed by atoms with E-state index in [1.165, 1.54) is 10.7 Å². The Hall–Kier alpha value is -2.24. The molecule has 0 amide bonds. The molecule has 0 aliphatic carbocycles. The number of halogens is 1. The number of unbranched alkanes of at least 4 members (excludes halogenated alkanes) is 2. The van der Waals surface area contributed by atoms with Gasteiger partial charge in [-0.25, -0.2) is 14.1 Å². The monoisotopic (exact) mass is 305 g/mol. The fraction of sp³-hybridized carbons (Fsp3) is 0.438. The first-order chi connectivity index (χ1) is 10.5. The molecule has 1 aromatic carbocycles. The molecular formula is C16H20FN3O2. The van der Waals surface area contributed by atoms with Crippen LogP contribution in [0.5, 0.6) is 0 Å². The van der Waals surface area contributed by atoms with Gasteiger partial charge in [-0.1, -0.05) is 19.8 Å². The summed E-state index contributed by atoms with van der Waals surface area (Å²) in [5.74, 6) is -0.135. The Morgan fingerprint density at radius 1 is 1.36 bits per heavy atom. The van der Waals surface area contributed by atoms with Crippen LogP contribution in [0.3, 0.4) is 0 Å². The van der Waals surface area contributed by atoms with E-state index in [1.54, 1.807) is 19.1 Å². The van der Waals surface area contributed by atoms with E-state index in [0.717, 1.165) is 19.3 Å². The number of aliphatic carboxylic acids is 1. The lowest BCUT2D eigenvalue weighted by Gasteiger charge is -2.01. The van der Waals surface area contributed by atoms with Crippen molar-refractivity contribution in [2.24, 2.45) is 0 Å². The highest BCUT2D eigenvalue weighted by Crippen LogP contribution is 2.20. The van der Waals surface area contributed by atoms with Gasteiger partial charge in [0.25, 0.3) is 0 Å². The average Bonchev–Trinajstić information content (AvgIpc) is 2.84. The summed E-state index contributed by atoms with van der Waals surface area (Å²) in [7, 11) is 0. The number of rotatable bonds is 7. The Morgan fingerprint density at radius 3 is 2.77 bits per heavy atom. The number of aryl methyl sites for hydroxylation is 2. The van der Waals surface area contributed by atoms with E-state index in [1.807, 2.05) is 0 Å². The zero-order valence-corrected chi connectivity index (χ0v) is 12.8. The predicted octanol–water partition coefficient (Wildman–Crippen LogP) is 3.21. The number of benzene rings is 1. The molecule has 118 valence electrons. The molecule has 5 nitrogen and oxygen atoms in total. The van der Waals surface area contributed by atoms with E-state index >= 15 is 0 Å². The average molecular weight is 305 g/mol. The first-order valence-corrected chi connectivity index (χ1v) is 7.43. The van der Waals surface area contributed by atoms with Crippen molar-refractivity contribution in [1.82, 2.24) is 14.8 Å². The Labute approximate surface area is 128 Å². The van der Waals surface area contributed by atoms with Crippen LogP contribution in [0.15, 0.2) is 18.2 Å². The van der Waals surface area contributed by atoms with Gasteiger partial charge in [-0.05, 0) is 37.1 Å². The molecule has 0 aliphatic heterocycles. The Morgan fingerprint density at radius 2 is 2.14 bits per heavy atom. The van der Waals surface area contributed by atoms with Gasteiger partial charge in [-0.3, -0.25) is 4.79 Å². The molecule has 1 heterocycles. The smallest absolute Gasteiger partial charge is 0.325 e. The van der Waals surface area contributed by atoms with Gasteiger partial charge in [0.2, 0.25) is 0 Å². The van der Waals surface area contributed by atoms with Crippen LogP contribution < -0.4 is 0 Å². The summed E-state index contributed by atoms with van der Waals surface area (Å²) in [6, 6.07) is 4.66. The van der Waals surface area contributed by atoms with Crippen LogP contribution in [0.4, 0.5) is 4.39 Å². The molecular weight excluding hydrogens is 285 g/mol. The van der Waals surface area contributed by atoms with E-state index in [2.05, 4.69) is 17.0 Å². The molecule has 2 rings (SSSR count). The molecule has 0 saturated carbocycles. The third-order valence-electron chi connectivity index (χ3n) is 3.45. The molecule has 0 atom stereocenters. The summed E-state index contributed by atoms with van der Waals surface area (Å²) in [5, 5.41) is 13.3. The Kier molecular flexibility index (Phi) is 5.25. The Bertz CT molecular complexity index is 667. The molecule has 0 fully saturated rings. The molecule has 0 radical (unpaired) electrons. The van der Waals surface area contributed by atoms with Crippen molar-refractivity contribution in [1.29, 1.82) is 0 Å². The van der Waals surface area contributed by atoms with Crippen molar-refractivity contribution in [3.63, 3.8) is 0 Å². The lowest BCUT2D eigenvalue weighted by molar-refractivity contribution is -0.137. The second-order valence-corrected chi connectivity index (χ2v) is 5.32. The van der Waals surface area contributed by atoms with Crippen LogP contribution in [0.25, 0.3) is 11.4 Å². The molecule has 6 heteroatoms. The summed E-state index contributed by atoms with van der Waals surface area (Å²) in [6.45, 7) is 3.57. The van der Waals surface area contributed by atoms with E-state index in [4.69, 9.17) is 5.11 Å². The summed E-state index contributed by atoms with van der Waals surface area (Å²) < 4.78 is 14.8. The maximum Gasteiger partial charge on any atom is 0.325 e. The summed E-state index contributed by atoms with van der Waals surface area (Å²) in [4.78, 5) is 15.4. The molecule has 0 bridgehead atoms. The second-order valence-electron chi connectivity index (χ2n) is 5.32. The largest absolute Gasteiger partial charge is 0.480 e. The third kappa shape index (κ3) is 3.90. The Balaban J connectivity index is 2.31. The van der Waals surface area contributed by atoms with Crippen molar-refractivity contribution in [2.45, 2.75) is 46.1 Å². The lowest BCUT2D eigenvalue weighted by Crippen LogP contribution is -2.13. The van der Waals surface area contributed by atoms with Gasteiger partial charge in [0.1, 0.15) is 18.2 Å². The topological polar surface area (TPSA) is 68.0 Å². The van der Waals surface area contributed by atoms with Gasteiger partial charge in [0.05, 0.1) is 0 Å². The van der Waals surface area contributed by atoms with Crippen molar-refractivity contribution < 1.29 is 14.3 Å². The lowest BCUT2D eigenvalue weighted by atomic mass is 10.1. The molecule has 0 saturated heterocycles. The van der Waals surface area contributed by atoms with Gasteiger partial charge >= 0.3 is 5.97 Å². The van der Waals surface area contributed by atoms with Crippen molar-refractivity contribution in [3.8, 4) is 11.4 Å². The van der Waals surface area contributed by atoms with E-state index in [-0.39, 0.29) is 12.4 Å². The van der Waals surface area contributed by atoms with Crippen molar-refractivity contribution in [3.05, 3.63) is 35.4 Å². The van der Waals surface area contributed by atoms with Crippen LogP contribution in [-0.4, -0.2) is 25.8 Å². The minimum absolute atomic E-state index is 0.214. The standard InChI is InChI=1S/C16H20FN3O2/c1-3-4-5-6-14-18-16(19-20(14)10-15(21)22)12-7-8-13(17)11(2)9-12/h7-9H,3-6,10H2,1-2H3,(H,21,22). The summed E-state index contributed by atoms with van der Waals surface area (Å²) in [6.07, 6.45) is 3.77. The number of aromatic nitrogens is 3. The zero-order valence-electron chi connectivity index (χ0n) is 12.8. The molecule has 22 heavy (non-hydrogen) atoms. The van der Waals surface area contributed by atoms with Crippen LogP contribution >= 0.6 is 0 Å². The highest BCUT2D eigenvalue weighted by molar-refractivity contribution is 5.66. The van der Waals surface area contributed by atoms with E-state index < -0.39 is 5.97 Å². The quantitative estimate of drug-likeness (QED) is 0.798. The highest BCUT2D eigenvalue weighted by atomic mass is 19.1. The normalized spacial score (nSPS) is 10.9. The number of hydrogen-bond donors (Lipinski definition) is 1. The van der Waals surface area contributed by atoms with Crippen LogP contribution in [0.1, 0.15) is 37.6 Å². The molecule has 1 aromatic heterocycles. The first kappa shape index (κ1) is 16.1. The third-order valence-corrected chi connectivity index (χ3v) is 3.45. The van der Waals surface area contributed by atoms with Crippen LogP contribution in [0, 0.1) is 12.7 Å². The minimum atomic E-state index is -0.955. The van der Waals surface area contributed by atoms with Gasteiger partial charge < -0.3 is 5.11 Å². The van der Waals surface area contributed by atoms with Crippen LogP contribution in [-0.2, 0) is 17.8 Å². The van der Waals surface area contributed by atoms with Crippen LogP contribution in [0.2, 0.25) is 0 Å². The maximum absolute atomic E-state index is 13.4. The maximum atomic E-state index is 13.4. The van der Waals surface area contributed by atoms with E-state index in [9.17, 15) is 9.18 Å². The van der Waals surface area contributed by atoms with Crippen molar-refractivity contribution in [2.75, 3.05) is 0 Å². The molecule has 2 aromatic rings. The zero-order chi connectivity index (χ0) is 16.1.